The Hall–Kier alpha value is -0.630. The van der Waals surface area contributed by atoms with Crippen LogP contribution < -0.4 is 5.73 Å². The summed E-state index contributed by atoms with van der Waals surface area (Å²) in [6.07, 6.45) is 0.910. The third kappa shape index (κ3) is 3.59. The van der Waals surface area contributed by atoms with E-state index in [0.29, 0.717) is 42.0 Å². The van der Waals surface area contributed by atoms with Crippen LogP contribution >= 0.6 is 15.9 Å². The predicted octanol–water partition coefficient (Wildman–Crippen LogP) is 2.39. The standard InChI is InChI=1S/C14H21BrN2O3S/c1-3-17(8-11-4-5-20-9-11)21(18,19)14-7-13(16)12(15)6-10(14)2/h6-7,11H,3-5,8-9,16H2,1-2H3. The first-order chi connectivity index (χ1) is 9.86. The molecule has 5 nitrogen and oxygen atoms in total. The average Bonchev–Trinajstić information content (AvgIpc) is 2.92. The first kappa shape index (κ1) is 16.7. The van der Waals surface area contributed by atoms with Gasteiger partial charge in [0.2, 0.25) is 10.0 Å². The number of halogens is 1. The second-order valence-electron chi connectivity index (χ2n) is 5.32. The summed E-state index contributed by atoms with van der Waals surface area (Å²) in [5.41, 5.74) is 6.96. The number of nitrogens with zero attached hydrogens (tertiary/aromatic N) is 1. The monoisotopic (exact) mass is 376 g/mol. The zero-order valence-electron chi connectivity index (χ0n) is 12.3. The van der Waals surface area contributed by atoms with E-state index in [0.717, 1.165) is 6.42 Å². The molecule has 1 aliphatic heterocycles. The molecule has 118 valence electrons. The molecule has 1 aromatic rings. The Balaban J connectivity index is 2.32. The lowest BCUT2D eigenvalue weighted by molar-refractivity contribution is 0.181. The van der Waals surface area contributed by atoms with Crippen molar-refractivity contribution in [3.63, 3.8) is 0 Å². The molecule has 7 heteroatoms. The number of anilines is 1. The number of nitrogen functional groups attached to an aromatic ring is 1. The molecule has 1 aliphatic rings. The SMILES string of the molecule is CCN(CC1CCOC1)S(=O)(=O)c1cc(N)c(Br)cc1C. The van der Waals surface area contributed by atoms with Crippen LogP contribution in [0.5, 0.6) is 0 Å². The Morgan fingerprint density at radius 3 is 2.76 bits per heavy atom. The van der Waals surface area contributed by atoms with Gasteiger partial charge in [0.15, 0.2) is 0 Å². The molecule has 0 aliphatic carbocycles. The van der Waals surface area contributed by atoms with Crippen molar-refractivity contribution in [1.82, 2.24) is 4.31 Å². The van der Waals surface area contributed by atoms with E-state index in [1.54, 1.807) is 13.0 Å². The van der Waals surface area contributed by atoms with E-state index in [4.69, 9.17) is 10.5 Å². The molecule has 1 fully saturated rings. The van der Waals surface area contributed by atoms with Gasteiger partial charge >= 0.3 is 0 Å². The van der Waals surface area contributed by atoms with Gasteiger partial charge in [0, 0.05) is 29.9 Å². The third-order valence-electron chi connectivity index (χ3n) is 3.75. The number of rotatable bonds is 5. The van der Waals surface area contributed by atoms with Crippen molar-refractivity contribution in [3.8, 4) is 0 Å². The molecular formula is C14H21BrN2O3S. The lowest BCUT2D eigenvalue weighted by Gasteiger charge is -2.24. The fourth-order valence-corrected chi connectivity index (χ4v) is 4.72. The van der Waals surface area contributed by atoms with Crippen molar-refractivity contribution in [1.29, 1.82) is 0 Å². The Morgan fingerprint density at radius 2 is 2.19 bits per heavy atom. The third-order valence-corrected chi connectivity index (χ3v) is 6.52. The second-order valence-corrected chi connectivity index (χ2v) is 8.09. The van der Waals surface area contributed by atoms with Crippen molar-refractivity contribution >= 4 is 31.6 Å². The van der Waals surface area contributed by atoms with Gasteiger partial charge in [0.1, 0.15) is 0 Å². The van der Waals surface area contributed by atoms with E-state index >= 15 is 0 Å². The van der Waals surface area contributed by atoms with Crippen LogP contribution in [0, 0.1) is 12.8 Å². The Morgan fingerprint density at radius 1 is 1.48 bits per heavy atom. The Bertz CT molecular complexity index is 613. The average molecular weight is 377 g/mol. The molecule has 0 radical (unpaired) electrons. The number of sulfonamides is 1. The quantitative estimate of drug-likeness (QED) is 0.800. The largest absolute Gasteiger partial charge is 0.398 e. The molecule has 21 heavy (non-hydrogen) atoms. The van der Waals surface area contributed by atoms with E-state index in [2.05, 4.69) is 15.9 Å². The molecule has 0 aromatic heterocycles. The molecule has 0 spiro atoms. The zero-order valence-corrected chi connectivity index (χ0v) is 14.7. The normalized spacial score (nSPS) is 19.3. The predicted molar refractivity (Wildman–Crippen MR) is 86.7 cm³/mol. The molecule has 1 heterocycles. The van der Waals surface area contributed by atoms with Gasteiger partial charge in [-0.3, -0.25) is 0 Å². The summed E-state index contributed by atoms with van der Waals surface area (Å²) in [7, 11) is -3.53. The maximum Gasteiger partial charge on any atom is 0.243 e. The number of benzene rings is 1. The van der Waals surface area contributed by atoms with Crippen LogP contribution in [0.4, 0.5) is 5.69 Å². The van der Waals surface area contributed by atoms with Crippen LogP contribution in [0.25, 0.3) is 0 Å². The van der Waals surface area contributed by atoms with E-state index in [1.165, 1.54) is 10.4 Å². The van der Waals surface area contributed by atoms with Crippen LogP contribution in [-0.2, 0) is 14.8 Å². The fourth-order valence-electron chi connectivity index (χ4n) is 2.50. The summed E-state index contributed by atoms with van der Waals surface area (Å²) in [6.45, 7) is 5.91. The van der Waals surface area contributed by atoms with Gasteiger partial charge in [-0.15, -0.1) is 0 Å². The topological polar surface area (TPSA) is 72.6 Å². The van der Waals surface area contributed by atoms with Crippen molar-refractivity contribution in [3.05, 3.63) is 22.2 Å². The van der Waals surface area contributed by atoms with Gasteiger partial charge in [-0.1, -0.05) is 6.92 Å². The summed E-state index contributed by atoms with van der Waals surface area (Å²) in [6, 6.07) is 3.28. The maximum absolute atomic E-state index is 12.8. The van der Waals surface area contributed by atoms with E-state index in [-0.39, 0.29) is 10.8 Å². The summed E-state index contributed by atoms with van der Waals surface area (Å²) < 4.78 is 33.3. The van der Waals surface area contributed by atoms with E-state index < -0.39 is 10.0 Å². The van der Waals surface area contributed by atoms with Gasteiger partial charge in [0.05, 0.1) is 11.5 Å². The van der Waals surface area contributed by atoms with Crippen LogP contribution in [0.2, 0.25) is 0 Å². The summed E-state index contributed by atoms with van der Waals surface area (Å²) in [5, 5.41) is 0. The van der Waals surface area contributed by atoms with Crippen molar-refractivity contribution in [2.75, 3.05) is 32.0 Å². The van der Waals surface area contributed by atoms with Crippen LogP contribution in [0.15, 0.2) is 21.5 Å². The summed E-state index contributed by atoms with van der Waals surface area (Å²) in [5.74, 6) is 0.271. The van der Waals surface area contributed by atoms with Crippen molar-refractivity contribution in [2.45, 2.75) is 25.2 Å². The van der Waals surface area contributed by atoms with Crippen molar-refractivity contribution in [2.24, 2.45) is 5.92 Å². The first-order valence-electron chi connectivity index (χ1n) is 6.99. The molecule has 0 amide bonds. The van der Waals surface area contributed by atoms with Gasteiger partial charge < -0.3 is 10.5 Å². The lowest BCUT2D eigenvalue weighted by Crippen LogP contribution is -2.35. The minimum Gasteiger partial charge on any atom is -0.398 e. The summed E-state index contributed by atoms with van der Waals surface area (Å²) in [4.78, 5) is 0.281. The summed E-state index contributed by atoms with van der Waals surface area (Å²) >= 11 is 3.32. The molecule has 1 unspecified atom stereocenters. The minimum atomic E-state index is -3.53. The minimum absolute atomic E-state index is 0.271. The highest BCUT2D eigenvalue weighted by atomic mass is 79.9. The fraction of sp³-hybridized carbons (Fsp3) is 0.571. The molecule has 1 saturated heterocycles. The number of aryl methyl sites for hydroxylation is 1. The first-order valence-corrected chi connectivity index (χ1v) is 9.23. The zero-order chi connectivity index (χ0) is 15.6. The number of hydrogen-bond acceptors (Lipinski definition) is 4. The van der Waals surface area contributed by atoms with Crippen molar-refractivity contribution < 1.29 is 13.2 Å². The van der Waals surface area contributed by atoms with Crippen LogP contribution in [0.3, 0.4) is 0 Å². The Kier molecular flexibility index (Phi) is 5.29. The molecule has 1 aromatic carbocycles. The number of ether oxygens (including phenoxy) is 1. The van der Waals surface area contributed by atoms with Gasteiger partial charge in [-0.2, -0.15) is 4.31 Å². The second kappa shape index (κ2) is 6.64. The van der Waals surface area contributed by atoms with Gasteiger partial charge in [-0.25, -0.2) is 8.42 Å². The Labute approximate surface area is 134 Å². The molecule has 1 atom stereocenters. The molecule has 0 bridgehead atoms. The van der Waals surface area contributed by atoms with Crippen LogP contribution in [-0.4, -0.2) is 39.0 Å². The van der Waals surface area contributed by atoms with Gasteiger partial charge in [0.25, 0.3) is 0 Å². The number of nitrogens with two attached hydrogens (primary N) is 1. The maximum atomic E-state index is 12.8. The van der Waals surface area contributed by atoms with Gasteiger partial charge in [-0.05, 0) is 52.9 Å². The highest BCUT2D eigenvalue weighted by Crippen LogP contribution is 2.29. The lowest BCUT2D eigenvalue weighted by atomic mass is 10.1. The molecule has 2 rings (SSSR count). The molecule has 2 N–H and O–H groups in total. The van der Waals surface area contributed by atoms with Crippen LogP contribution in [0.1, 0.15) is 18.9 Å². The molecular weight excluding hydrogens is 356 g/mol. The highest BCUT2D eigenvalue weighted by Gasteiger charge is 2.29. The number of hydrogen-bond donors (Lipinski definition) is 1. The molecule has 0 saturated carbocycles. The van der Waals surface area contributed by atoms with E-state index in [9.17, 15) is 8.42 Å². The smallest absolute Gasteiger partial charge is 0.243 e. The van der Waals surface area contributed by atoms with E-state index in [1.807, 2.05) is 6.92 Å². The highest BCUT2D eigenvalue weighted by molar-refractivity contribution is 9.10.